The van der Waals surface area contributed by atoms with Crippen LogP contribution in [0.2, 0.25) is 0 Å². The van der Waals surface area contributed by atoms with E-state index in [2.05, 4.69) is 49.1 Å². The van der Waals surface area contributed by atoms with Crippen molar-refractivity contribution in [2.75, 3.05) is 20.8 Å². The molecule has 1 aliphatic rings. The molecule has 0 bridgehead atoms. The van der Waals surface area contributed by atoms with Crippen LogP contribution in [0.25, 0.3) is 0 Å². The highest BCUT2D eigenvalue weighted by Crippen LogP contribution is 2.43. The van der Waals surface area contributed by atoms with Gasteiger partial charge in [-0.1, -0.05) is 48.5 Å². The summed E-state index contributed by atoms with van der Waals surface area (Å²) in [5.74, 6) is 1.11. The summed E-state index contributed by atoms with van der Waals surface area (Å²) in [5.41, 5.74) is 13.2. The molecular weight excluding hydrogens is 424 g/mol. The molecule has 4 rings (SSSR count). The van der Waals surface area contributed by atoms with Gasteiger partial charge in [-0.3, -0.25) is 9.69 Å². The molecule has 3 aromatic rings. The number of primary amides is 1. The van der Waals surface area contributed by atoms with Crippen molar-refractivity contribution in [3.63, 3.8) is 0 Å². The lowest BCUT2D eigenvalue weighted by molar-refractivity contribution is -0.124. The summed E-state index contributed by atoms with van der Waals surface area (Å²) in [7, 11) is 3.32. The molecule has 2 atom stereocenters. The van der Waals surface area contributed by atoms with Gasteiger partial charge in [0.05, 0.1) is 14.2 Å². The summed E-state index contributed by atoms with van der Waals surface area (Å²) < 4.78 is 11.2. The molecule has 3 aromatic carbocycles. The molecule has 5 heteroatoms. The molecule has 0 aliphatic carbocycles. The molecule has 1 heterocycles. The molecule has 178 valence electrons. The average Bonchev–Trinajstić information content (AvgIpc) is 2.84. The van der Waals surface area contributed by atoms with Crippen LogP contribution in [0.5, 0.6) is 11.5 Å². The zero-order chi connectivity index (χ0) is 24.2. The van der Waals surface area contributed by atoms with E-state index in [-0.39, 0.29) is 11.9 Å². The predicted octanol–water partition coefficient (Wildman–Crippen LogP) is 5.08. The summed E-state index contributed by atoms with van der Waals surface area (Å²) in [5, 5.41) is 0. The number of nitrogens with two attached hydrogens (primary N) is 1. The van der Waals surface area contributed by atoms with Gasteiger partial charge >= 0.3 is 0 Å². The number of amides is 1. The predicted molar refractivity (Wildman–Crippen MR) is 135 cm³/mol. The van der Waals surface area contributed by atoms with E-state index in [4.69, 9.17) is 15.2 Å². The molecule has 0 saturated heterocycles. The zero-order valence-electron chi connectivity index (χ0n) is 20.5. The molecule has 0 spiro atoms. The summed E-state index contributed by atoms with van der Waals surface area (Å²) in [6.45, 7) is 5.02. The van der Waals surface area contributed by atoms with E-state index in [0.717, 1.165) is 37.1 Å². The first kappa shape index (κ1) is 23.8. The number of nitrogens with zero attached hydrogens (tertiary/aromatic N) is 1. The quantitative estimate of drug-likeness (QED) is 0.511. The van der Waals surface area contributed by atoms with Crippen molar-refractivity contribution in [3.8, 4) is 11.5 Å². The van der Waals surface area contributed by atoms with Crippen molar-refractivity contribution in [1.82, 2.24) is 4.90 Å². The Labute approximate surface area is 202 Å². The van der Waals surface area contributed by atoms with Gasteiger partial charge < -0.3 is 15.2 Å². The fourth-order valence-corrected chi connectivity index (χ4v) is 5.09. The maximum Gasteiger partial charge on any atom is 0.239 e. The number of rotatable bonds is 8. The van der Waals surface area contributed by atoms with Crippen LogP contribution in [-0.2, 0) is 17.6 Å². The van der Waals surface area contributed by atoms with Crippen LogP contribution in [-0.4, -0.2) is 31.6 Å². The van der Waals surface area contributed by atoms with Crippen molar-refractivity contribution in [3.05, 3.63) is 94.0 Å². The monoisotopic (exact) mass is 458 g/mol. The smallest absolute Gasteiger partial charge is 0.239 e. The second-order valence-electron chi connectivity index (χ2n) is 9.08. The van der Waals surface area contributed by atoms with E-state index in [1.807, 2.05) is 30.3 Å². The first-order chi connectivity index (χ1) is 16.4. The van der Waals surface area contributed by atoms with Gasteiger partial charge in [0, 0.05) is 12.6 Å². The lowest BCUT2D eigenvalue weighted by Crippen LogP contribution is -2.44. The van der Waals surface area contributed by atoms with Crippen molar-refractivity contribution >= 4 is 5.91 Å². The largest absolute Gasteiger partial charge is 0.493 e. The highest BCUT2D eigenvalue weighted by atomic mass is 16.5. The molecule has 0 unspecified atom stereocenters. The van der Waals surface area contributed by atoms with Crippen LogP contribution < -0.4 is 15.2 Å². The molecule has 1 aliphatic heterocycles. The second kappa shape index (κ2) is 10.3. The fraction of sp³-hybridized carbons (Fsp3) is 0.345. The number of carbonyl (C=O) groups is 1. The summed E-state index contributed by atoms with van der Waals surface area (Å²) in [4.78, 5) is 15.0. The molecule has 0 saturated carbocycles. The highest BCUT2D eigenvalue weighted by Gasteiger charge is 2.36. The number of methoxy groups -OCH3 is 2. The first-order valence-corrected chi connectivity index (χ1v) is 11.8. The van der Waals surface area contributed by atoms with E-state index >= 15 is 0 Å². The maximum absolute atomic E-state index is 12.8. The minimum absolute atomic E-state index is 0.0165. The first-order valence-electron chi connectivity index (χ1n) is 11.8. The average molecular weight is 459 g/mol. The number of aryl methyl sites for hydroxylation is 3. The van der Waals surface area contributed by atoms with Gasteiger partial charge in [-0.05, 0) is 78.6 Å². The Morgan fingerprint density at radius 2 is 1.71 bits per heavy atom. The van der Waals surface area contributed by atoms with Crippen LogP contribution in [0.4, 0.5) is 0 Å². The van der Waals surface area contributed by atoms with Crippen LogP contribution in [0.3, 0.4) is 0 Å². The molecule has 1 amide bonds. The number of benzene rings is 3. The number of ether oxygens (including phenoxy) is 2. The fourth-order valence-electron chi connectivity index (χ4n) is 5.09. The lowest BCUT2D eigenvalue weighted by Gasteiger charge is -2.41. The van der Waals surface area contributed by atoms with Crippen molar-refractivity contribution in [1.29, 1.82) is 0 Å². The SMILES string of the molecule is COc1cc2c(cc1OC)[C@H](CCc1ccc(C)c(C)c1)N([C@@H](C(N)=O)c1ccccc1)CC2. The maximum atomic E-state index is 12.8. The highest BCUT2D eigenvalue weighted by molar-refractivity contribution is 5.81. The Hall–Kier alpha value is -3.31. The minimum Gasteiger partial charge on any atom is -0.493 e. The van der Waals surface area contributed by atoms with Gasteiger partial charge in [-0.2, -0.15) is 0 Å². The number of carbonyl (C=O) groups excluding carboxylic acids is 1. The van der Waals surface area contributed by atoms with Crippen LogP contribution in [0, 0.1) is 13.8 Å². The van der Waals surface area contributed by atoms with Crippen molar-refractivity contribution < 1.29 is 14.3 Å². The summed E-state index contributed by atoms with van der Waals surface area (Å²) in [6.07, 6.45) is 2.57. The van der Waals surface area contributed by atoms with Gasteiger partial charge in [0.2, 0.25) is 5.91 Å². The Bertz CT molecular complexity index is 1160. The third-order valence-electron chi connectivity index (χ3n) is 7.04. The van der Waals surface area contributed by atoms with Crippen LogP contribution >= 0.6 is 0 Å². The van der Waals surface area contributed by atoms with Crippen LogP contribution in [0.1, 0.15) is 51.9 Å². The summed E-state index contributed by atoms with van der Waals surface area (Å²) >= 11 is 0. The number of hydrogen-bond acceptors (Lipinski definition) is 4. The van der Waals surface area contributed by atoms with Crippen LogP contribution in [0.15, 0.2) is 60.7 Å². The standard InChI is InChI=1S/C29H34N2O3/c1-19-10-11-21(16-20(19)2)12-13-25-24-18-27(34-4)26(33-3)17-23(24)14-15-31(25)28(29(30)32)22-8-6-5-7-9-22/h5-11,16-18,25,28H,12-15H2,1-4H3,(H2,30,32)/t25-,28+/m0/s1. The van der Waals surface area contributed by atoms with E-state index < -0.39 is 6.04 Å². The molecule has 0 radical (unpaired) electrons. The van der Waals surface area contributed by atoms with Gasteiger partial charge in [-0.15, -0.1) is 0 Å². The Kier molecular flexibility index (Phi) is 7.23. The van der Waals surface area contributed by atoms with E-state index in [1.165, 1.54) is 27.8 Å². The van der Waals surface area contributed by atoms with E-state index in [1.54, 1.807) is 14.2 Å². The molecule has 5 nitrogen and oxygen atoms in total. The lowest BCUT2D eigenvalue weighted by atomic mass is 9.86. The molecule has 0 aromatic heterocycles. The topological polar surface area (TPSA) is 64.8 Å². The normalized spacial score (nSPS) is 16.5. The summed E-state index contributed by atoms with van der Waals surface area (Å²) in [6, 6.07) is 20.2. The van der Waals surface area contributed by atoms with Crippen molar-refractivity contribution in [2.45, 2.75) is 45.2 Å². The Morgan fingerprint density at radius 1 is 1.00 bits per heavy atom. The van der Waals surface area contributed by atoms with Gasteiger partial charge in [-0.25, -0.2) is 0 Å². The number of hydrogen-bond donors (Lipinski definition) is 1. The molecule has 2 N–H and O–H groups in total. The Balaban J connectivity index is 1.75. The third kappa shape index (κ3) is 4.80. The molecule has 0 fully saturated rings. The van der Waals surface area contributed by atoms with Gasteiger partial charge in [0.1, 0.15) is 6.04 Å². The van der Waals surface area contributed by atoms with E-state index in [0.29, 0.717) is 5.75 Å². The Morgan fingerprint density at radius 3 is 2.35 bits per heavy atom. The van der Waals surface area contributed by atoms with Gasteiger partial charge in [0.15, 0.2) is 11.5 Å². The van der Waals surface area contributed by atoms with E-state index in [9.17, 15) is 4.79 Å². The van der Waals surface area contributed by atoms with Gasteiger partial charge in [0.25, 0.3) is 0 Å². The minimum atomic E-state index is -0.493. The second-order valence-corrected chi connectivity index (χ2v) is 9.08. The number of fused-ring (bicyclic) bond motifs is 1. The van der Waals surface area contributed by atoms with Crippen molar-refractivity contribution in [2.24, 2.45) is 5.73 Å². The third-order valence-corrected chi connectivity index (χ3v) is 7.04. The molecule has 34 heavy (non-hydrogen) atoms. The molecular formula is C29H34N2O3. The zero-order valence-corrected chi connectivity index (χ0v) is 20.5.